The van der Waals surface area contributed by atoms with Gasteiger partial charge in [-0.25, -0.2) is 4.79 Å². The maximum absolute atomic E-state index is 12.2. The van der Waals surface area contributed by atoms with Gasteiger partial charge in [0.05, 0.1) is 0 Å². The Morgan fingerprint density at radius 3 is 2.79 bits per heavy atom. The second-order valence-corrected chi connectivity index (χ2v) is 10.4. The highest BCUT2D eigenvalue weighted by atomic mass is 17.3. The molecule has 1 aliphatic heterocycles. The molecule has 29 heavy (non-hydrogen) atoms. The van der Waals surface area contributed by atoms with Gasteiger partial charge in [-0.3, -0.25) is 0 Å². The highest BCUT2D eigenvalue weighted by Gasteiger charge is 2.63. The van der Waals surface area contributed by atoms with Crippen LogP contribution >= 0.6 is 0 Å². The number of alkyl carbamates (subject to hydrolysis) is 1. The standard InChI is InChI=1S/C22H38N2O5/c1-4-16-11-15-7-5-8-17(12-15)22(16)27-21(28-29-22)10-6-9-18(13-21)26-19(25)24-14-20(2,3)23/h15-18H,4-14,23H2,1-3H3,(H,24,25). The van der Waals surface area contributed by atoms with Gasteiger partial charge in [0.15, 0.2) is 0 Å². The van der Waals surface area contributed by atoms with Gasteiger partial charge in [-0.05, 0) is 58.3 Å². The smallest absolute Gasteiger partial charge is 0.407 e. The summed E-state index contributed by atoms with van der Waals surface area (Å²) in [6.45, 7) is 6.32. The molecular weight excluding hydrogens is 372 g/mol. The molecule has 0 aromatic rings. The molecule has 2 bridgehead atoms. The molecule has 1 heterocycles. The molecule has 1 saturated heterocycles. The van der Waals surface area contributed by atoms with Gasteiger partial charge in [0.25, 0.3) is 0 Å². The zero-order valence-corrected chi connectivity index (χ0v) is 18.2. The summed E-state index contributed by atoms with van der Waals surface area (Å²) >= 11 is 0. The van der Waals surface area contributed by atoms with Gasteiger partial charge in [0, 0.05) is 36.8 Å². The zero-order chi connectivity index (χ0) is 20.7. The van der Waals surface area contributed by atoms with Gasteiger partial charge in [0.1, 0.15) is 6.10 Å². The molecule has 7 heteroatoms. The van der Waals surface area contributed by atoms with Crippen molar-refractivity contribution >= 4 is 6.09 Å². The zero-order valence-electron chi connectivity index (χ0n) is 18.2. The van der Waals surface area contributed by atoms with Crippen molar-refractivity contribution < 1.29 is 24.0 Å². The van der Waals surface area contributed by atoms with Crippen LogP contribution in [0.3, 0.4) is 0 Å². The Kier molecular flexibility index (Phi) is 5.88. The first-order chi connectivity index (χ1) is 13.7. The lowest BCUT2D eigenvalue weighted by atomic mass is 9.63. The summed E-state index contributed by atoms with van der Waals surface area (Å²) in [4.78, 5) is 24.3. The lowest BCUT2D eigenvalue weighted by Crippen LogP contribution is -2.54. The van der Waals surface area contributed by atoms with E-state index in [1.807, 2.05) is 13.8 Å². The molecule has 4 rings (SSSR count). The van der Waals surface area contributed by atoms with Gasteiger partial charge in [-0.2, -0.15) is 9.78 Å². The van der Waals surface area contributed by atoms with Gasteiger partial charge in [0.2, 0.25) is 11.6 Å². The van der Waals surface area contributed by atoms with Crippen molar-refractivity contribution in [3.63, 3.8) is 0 Å². The molecule has 6 unspecified atom stereocenters. The van der Waals surface area contributed by atoms with E-state index in [9.17, 15) is 4.79 Å². The summed E-state index contributed by atoms with van der Waals surface area (Å²) < 4.78 is 12.4. The van der Waals surface area contributed by atoms with Crippen molar-refractivity contribution in [3.05, 3.63) is 0 Å². The number of amides is 1. The van der Waals surface area contributed by atoms with Crippen LogP contribution in [0.25, 0.3) is 0 Å². The number of nitrogens with one attached hydrogen (secondary N) is 1. The van der Waals surface area contributed by atoms with Gasteiger partial charge in [-0.15, -0.1) is 0 Å². The third kappa shape index (κ3) is 4.43. The van der Waals surface area contributed by atoms with Crippen LogP contribution in [0.4, 0.5) is 4.79 Å². The van der Waals surface area contributed by atoms with E-state index in [-0.39, 0.29) is 6.10 Å². The third-order valence-electron chi connectivity index (χ3n) is 7.29. The third-order valence-corrected chi connectivity index (χ3v) is 7.29. The molecule has 0 aromatic heterocycles. The van der Waals surface area contributed by atoms with Crippen molar-refractivity contribution in [1.82, 2.24) is 5.32 Å². The summed E-state index contributed by atoms with van der Waals surface area (Å²) in [5.41, 5.74) is 5.46. The molecule has 6 atom stereocenters. The minimum atomic E-state index is -0.798. The number of carbonyl (C=O) groups excluding carboxylic acids is 1. The van der Waals surface area contributed by atoms with Crippen LogP contribution in [0.2, 0.25) is 0 Å². The molecule has 0 aromatic carbocycles. The largest absolute Gasteiger partial charge is 0.446 e. The predicted molar refractivity (Wildman–Crippen MR) is 108 cm³/mol. The van der Waals surface area contributed by atoms with E-state index in [0.717, 1.165) is 44.4 Å². The van der Waals surface area contributed by atoms with E-state index in [4.69, 9.17) is 25.0 Å². The lowest BCUT2D eigenvalue weighted by molar-refractivity contribution is -0.382. The molecule has 166 valence electrons. The topological polar surface area (TPSA) is 92.0 Å². The van der Waals surface area contributed by atoms with Crippen LogP contribution in [0, 0.1) is 17.8 Å². The van der Waals surface area contributed by atoms with Gasteiger partial charge >= 0.3 is 6.09 Å². The summed E-state index contributed by atoms with van der Waals surface area (Å²) in [5.74, 6) is 0.136. The normalized spacial score (nSPS) is 42.2. The fraction of sp³-hybridized carbons (Fsp3) is 0.955. The first-order valence-electron chi connectivity index (χ1n) is 11.5. The average Bonchev–Trinajstić information content (AvgIpc) is 3.03. The maximum Gasteiger partial charge on any atom is 0.407 e. The van der Waals surface area contributed by atoms with Crippen LogP contribution in [-0.2, 0) is 19.2 Å². The van der Waals surface area contributed by atoms with E-state index in [0.29, 0.717) is 24.8 Å². The molecule has 3 saturated carbocycles. The van der Waals surface area contributed by atoms with Crippen LogP contribution in [0.15, 0.2) is 0 Å². The van der Waals surface area contributed by atoms with E-state index in [1.165, 1.54) is 19.3 Å². The number of fused-ring (bicyclic) bond motifs is 3. The molecular formula is C22H38N2O5. The monoisotopic (exact) mass is 410 g/mol. The Bertz CT molecular complexity index is 605. The van der Waals surface area contributed by atoms with Crippen molar-refractivity contribution in [2.24, 2.45) is 23.5 Å². The second-order valence-electron chi connectivity index (χ2n) is 10.4. The van der Waals surface area contributed by atoms with E-state index in [2.05, 4.69) is 12.2 Å². The highest BCUT2D eigenvalue weighted by molar-refractivity contribution is 5.67. The van der Waals surface area contributed by atoms with Gasteiger partial charge in [-0.1, -0.05) is 19.8 Å². The van der Waals surface area contributed by atoms with E-state index < -0.39 is 23.2 Å². The first-order valence-corrected chi connectivity index (χ1v) is 11.5. The second kappa shape index (κ2) is 7.98. The lowest BCUT2D eigenvalue weighted by Gasteiger charge is -2.49. The molecule has 4 aliphatic rings. The highest BCUT2D eigenvalue weighted by Crippen LogP contribution is 2.58. The minimum Gasteiger partial charge on any atom is -0.446 e. The summed E-state index contributed by atoms with van der Waals surface area (Å²) in [5, 5.41) is 2.75. The fourth-order valence-corrected chi connectivity index (χ4v) is 5.90. The number of hydrogen-bond acceptors (Lipinski definition) is 6. The van der Waals surface area contributed by atoms with Crippen LogP contribution in [0.1, 0.15) is 85.0 Å². The number of ether oxygens (including phenoxy) is 2. The number of nitrogens with two attached hydrogens (primary N) is 1. The predicted octanol–water partition coefficient (Wildman–Crippen LogP) is 4.00. The Balaban J connectivity index is 1.40. The van der Waals surface area contributed by atoms with Crippen LogP contribution in [0.5, 0.6) is 0 Å². The fourth-order valence-electron chi connectivity index (χ4n) is 5.90. The van der Waals surface area contributed by atoms with E-state index in [1.54, 1.807) is 0 Å². The molecule has 1 amide bonds. The Hall–Kier alpha value is -0.890. The van der Waals surface area contributed by atoms with Crippen LogP contribution in [-0.4, -0.2) is 35.9 Å². The number of hydrogen-bond donors (Lipinski definition) is 2. The molecule has 3 aliphatic carbocycles. The molecule has 0 radical (unpaired) electrons. The first kappa shape index (κ1) is 21.3. The Morgan fingerprint density at radius 1 is 1.21 bits per heavy atom. The summed E-state index contributed by atoms with van der Waals surface area (Å²) in [7, 11) is 0. The Labute approximate surface area is 174 Å². The van der Waals surface area contributed by atoms with Crippen molar-refractivity contribution in [2.45, 2.75) is 108 Å². The van der Waals surface area contributed by atoms with Crippen molar-refractivity contribution in [2.75, 3.05) is 6.54 Å². The molecule has 7 nitrogen and oxygen atoms in total. The minimum absolute atomic E-state index is 0.244. The summed E-state index contributed by atoms with van der Waals surface area (Å²) in [6, 6.07) is 0. The molecule has 3 N–H and O–H groups in total. The van der Waals surface area contributed by atoms with Crippen molar-refractivity contribution in [1.29, 1.82) is 0 Å². The SMILES string of the molecule is CCC1CC2CCCC(C2)C12OOC1(CCCC(OC(=O)NCC(C)(C)N)C1)O2. The quantitative estimate of drug-likeness (QED) is 0.681. The van der Waals surface area contributed by atoms with Crippen molar-refractivity contribution in [3.8, 4) is 0 Å². The Morgan fingerprint density at radius 2 is 2.03 bits per heavy atom. The molecule has 4 fully saturated rings. The molecule has 2 spiro atoms. The van der Waals surface area contributed by atoms with Crippen LogP contribution < -0.4 is 11.1 Å². The number of carbonyl (C=O) groups is 1. The maximum atomic E-state index is 12.2. The number of rotatable bonds is 4. The van der Waals surface area contributed by atoms with Gasteiger partial charge < -0.3 is 20.5 Å². The van der Waals surface area contributed by atoms with E-state index >= 15 is 0 Å². The average molecular weight is 411 g/mol. The summed E-state index contributed by atoms with van der Waals surface area (Å²) in [6.07, 6.45) is 9.39.